The zero-order valence-corrected chi connectivity index (χ0v) is 15.0. The Morgan fingerprint density at radius 2 is 1.96 bits per heavy atom. The molecule has 0 unspecified atom stereocenters. The van der Waals surface area contributed by atoms with Crippen molar-refractivity contribution in [2.75, 3.05) is 43.0 Å². The maximum Gasteiger partial charge on any atom is 0.409 e. The molecule has 24 heavy (non-hydrogen) atoms. The van der Waals surface area contributed by atoms with Gasteiger partial charge in [0.15, 0.2) is 0 Å². The summed E-state index contributed by atoms with van der Waals surface area (Å²) in [6, 6.07) is 6.45. The molecule has 2 aliphatic heterocycles. The topological polar surface area (TPSA) is 44.8 Å². The van der Waals surface area contributed by atoms with Gasteiger partial charge in [-0.05, 0) is 50.8 Å². The van der Waals surface area contributed by atoms with Crippen LogP contribution in [-0.2, 0) is 4.74 Å². The zero-order valence-electron chi connectivity index (χ0n) is 14.3. The van der Waals surface area contributed by atoms with Gasteiger partial charge in [-0.15, -0.1) is 0 Å². The number of carbonyl (C=O) groups is 1. The number of ether oxygens (including phenoxy) is 1. The molecule has 132 valence electrons. The van der Waals surface area contributed by atoms with Gasteiger partial charge in [0.1, 0.15) is 0 Å². The molecule has 0 saturated carbocycles. The SMILES string of the molecule is CCOC(=O)N1CCC(Nc2ccc(Cl)cc2N2CCCC2)CC1. The van der Waals surface area contributed by atoms with Crippen LogP contribution in [0, 0.1) is 0 Å². The van der Waals surface area contributed by atoms with Gasteiger partial charge in [0.25, 0.3) is 0 Å². The number of halogens is 1. The maximum absolute atomic E-state index is 11.8. The molecule has 0 spiro atoms. The van der Waals surface area contributed by atoms with E-state index in [-0.39, 0.29) is 6.09 Å². The highest BCUT2D eigenvalue weighted by atomic mass is 35.5. The van der Waals surface area contributed by atoms with Crippen LogP contribution in [0.1, 0.15) is 32.6 Å². The quantitative estimate of drug-likeness (QED) is 0.891. The number of carbonyl (C=O) groups excluding carboxylic acids is 1. The average molecular weight is 352 g/mol. The van der Waals surface area contributed by atoms with Crippen LogP contribution in [-0.4, -0.2) is 49.8 Å². The lowest BCUT2D eigenvalue weighted by molar-refractivity contribution is 0.0983. The summed E-state index contributed by atoms with van der Waals surface area (Å²) in [5.74, 6) is 0. The van der Waals surface area contributed by atoms with E-state index in [9.17, 15) is 4.79 Å². The Bertz CT molecular complexity index is 567. The van der Waals surface area contributed by atoms with Gasteiger partial charge in [0.2, 0.25) is 0 Å². The fourth-order valence-electron chi connectivity index (χ4n) is 3.49. The summed E-state index contributed by atoms with van der Waals surface area (Å²) in [6.45, 7) is 5.94. The summed E-state index contributed by atoms with van der Waals surface area (Å²) in [5.41, 5.74) is 2.35. The first kappa shape index (κ1) is 17.2. The van der Waals surface area contributed by atoms with Gasteiger partial charge in [0.05, 0.1) is 18.0 Å². The van der Waals surface area contributed by atoms with Gasteiger partial charge in [-0.25, -0.2) is 4.79 Å². The number of likely N-dealkylation sites (tertiary alicyclic amines) is 1. The summed E-state index contributed by atoms with van der Waals surface area (Å²) in [7, 11) is 0. The molecule has 0 radical (unpaired) electrons. The highest BCUT2D eigenvalue weighted by molar-refractivity contribution is 6.31. The van der Waals surface area contributed by atoms with Gasteiger partial charge in [-0.3, -0.25) is 0 Å². The van der Waals surface area contributed by atoms with Gasteiger partial charge in [-0.2, -0.15) is 0 Å². The summed E-state index contributed by atoms with van der Waals surface area (Å²) >= 11 is 6.21. The normalized spacial score (nSPS) is 18.8. The molecule has 2 heterocycles. The van der Waals surface area contributed by atoms with E-state index in [0.29, 0.717) is 12.6 Å². The molecule has 2 fully saturated rings. The highest BCUT2D eigenvalue weighted by Crippen LogP contribution is 2.33. The molecule has 2 aliphatic rings. The van der Waals surface area contributed by atoms with Crippen LogP contribution >= 0.6 is 11.6 Å². The first-order chi connectivity index (χ1) is 11.7. The molecule has 0 aromatic heterocycles. The van der Waals surface area contributed by atoms with Crippen LogP contribution in [0.5, 0.6) is 0 Å². The van der Waals surface area contributed by atoms with Gasteiger partial charge >= 0.3 is 6.09 Å². The predicted molar refractivity (Wildman–Crippen MR) is 98.1 cm³/mol. The average Bonchev–Trinajstić information content (AvgIpc) is 3.12. The number of anilines is 2. The summed E-state index contributed by atoms with van der Waals surface area (Å²) in [4.78, 5) is 16.0. The largest absolute Gasteiger partial charge is 0.450 e. The Balaban J connectivity index is 1.62. The van der Waals surface area contributed by atoms with E-state index in [2.05, 4.69) is 22.3 Å². The smallest absolute Gasteiger partial charge is 0.409 e. The van der Waals surface area contributed by atoms with Crippen molar-refractivity contribution in [1.29, 1.82) is 0 Å². The van der Waals surface area contributed by atoms with E-state index in [1.807, 2.05) is 13.0 Å². The molecule has 6 heteroatoms. The Morgan fingerprint density at radius 1 is 1.25 bits per heavy atom. The first-order valence-electron chi connectivity index (χ1n) is 8.90. The van der Waals surface area contributed by atoms with E-state index in [1.165, 1.54) is 18.5 Å². The third kappa shape index (κ3) is 4.07. The van der Waals surface area contributed by atoms with Crippen LogP contribution in [0.3, 0.4) is 0 Å². The number of benzene rings is 1. The molecular weight excluding hydrogens is 326 g/mol. The minimum atomic E-state index is -0.194. The van der Waals surface area contributed by atoms with E-state index >= 15 is 0 Å². The standard InChI is InChI=1S/C18H26ClN3O2/c1-2-24-18(23)22-11-7-15(8-12-22)20-16-6-5-14(19)13-17(16)21-9-3-4-10-21/h5-6,13,15,20H,2-4,7-12H2,1H3. The molecule has 1 aromatic rings. The second-order valence-electron chi connectivity index (χ2n) is 6.46. The zero-order chi connectivity index (χ0) is 16.9. The Labute approximate surface area is 148 Å². The Hall–Kier alpha value is -1.62. The van der Waals surface area contributed by atoms with Crippen molar-refractivity contribution in [3.63, 3.8) is 0 Å². The van der Waals surface area contributed by atoms with E-state index in [0.717, 1.165) is 49.7 Å². The number of amides is 1. The number of hydrogen-bond acceptors (Lipinski definition) is 4. The number of nitrogens with zero attached hydrogens (tertiary/aromatic N) is 2. The van der Waals surface area contributed by atoms with E-state index < -0.39 is 0 Å². The Kier molecular flexibility index (Phi) is 5.72. The summed E-state index contributed by atoms with van der Waals surface area (Å²) in [6.07, 6.45) is 4.15. The van der Waals surface area contributed by atoms with Crippen molar-refractivity contribution in [1.82, 2.24) is 4.90 Å². The molecular formula is C18H26ClN3O2. The molecule has 1 aromatic carbocycles. The summed E-state index contributed by atoms with van der Waals surface area (Å²) in [5, 5.41) is 4.44. The summed E-state index contributed by atoms with van der Waals surface area (Å²) < 4.78 is 5.08. The van der Waals surface area contributed by atoms with Crippen LogP contribution in [0.15, 0.2) is 18.2 Å². The number of rotatable bonds is 4. The molecule has 5 nitrogen and oxygen atoms in total. The number of nitrogens with one attached hydrogen (secondary N) is 1. The first-order valence-corrected chi connectivity index (χ1v) is 9.28. The molecule has 0 bridgehead atoms. The lowest BCUT2D eigenvalue weighted by atomic mass is 10.0. The monoisotopic (exact) mass is 351 g/mol. The van der Waals surface area contributed by atoms with Crippen molar-refractivity contribution in [3.05, 3.63) is 23.2 Å². The lowest BCUT2D eigenvalue weighted by Crippen LogP contribution is -2.42. The Morgan fingerprint density at radius 3 is 2.62 bits per heavy atom. The van der Waals surface area contributed by atoms with Gasteiger partial charge in [0, 0.05) is 37.2 Å². The van der Waals surface area contributed by atoms with Crippen LogP contribution < -0.4 is 10.2 Å². The molecule has 2 saturated heterocycles. The minimum Gasteiger partial charge on any atom is -0.450 e. The maximum atomic E-state index is 11.8. The van der Waals surface area contributed by atoms with Gasteiger partial charge in [-0.1, -0.05) is 11.6 Å². The van der Waals surface area contributed by atoms with E-state index in [4.69, 9.17) is 16.3 Å². The predicted octanol–water partition coefficient (Wildman–Crippen LogP) is 3.97. The second kappa shape index (κ2) is 7.97. The van der Waals surface area contributed by atoms with Crippen molar-refractivity contribution >= 4 is 29.1 Å². The third-order valence-corrected chi connectivity index (χ3v) is 5.02. The van der Waals surface area contributed by atoms with E-state index in [1.54, 1.807) is 4.90 Å². The molecule has 0 aliphatic carbocycles. The van der Waals surface area contributed by atoms with Gasteiger partial charge < -0.3 is 19.9 Å². The number of hydrogen-bond donors (Lipinski definition) is 1. The van der Waals surface area contributed by atoms with Crippen molar-refractivity contribution < 1.29 is 9.53 Å². The molecule has 1 amide bonds. The minimum absolute atomic E-state index is 0.194. The fourth-order valence-corrected chi connectivity index (χ4v) is 3.65. The van der Waals surface area contributed by atoms with Crippen LogP contribution in [0.2, 0.25) is 5.02 Å². The fraction of sp³-hybridized carbons (Fsp3) is 0.611. The molecule has 1 N–H and O–H groups in total. The van der Waals surface area contributed by atoms with Crippen LogP contribution in [0.25, 0.3) is 0 Å². The lowest BCUT2D eigenvalue weighted by Gasteiger charge is -2.33. The molecule has 3 rings (SSSR count). The third-order valence-electron chi connectivity index (χ3n) is 4.79. The number of piperidine rings is 1. The van der Waals surface area contributed by atoms with Crippen LogP contribution in [0.4, 0.5) is 16.2 Å². The second-order valence-corrected chi connectivity index (χ2v) is 6.90. The molecule has 0 atom stereocenters. The van der Waals surface area contributed by atoms with Crippen molar-refractivity contribution in [2.24, 2.45) is 0 Å². The highest BCUT2D eigenvalue weighted by Gasteiger charge is 2.25. The van der Waals surface area contributed by atoms with Crippen molar-refractivity contribution in [2.45, 2.75) is 38.6 Å². The van der Waals surface area contributed by atoms with Crippen molar-refractivity contribution in [3.8, 4) is 0 Å².